The van der Waals surface area contributed by atoms with E-state index in [1.807, 2.05) is 36.9 Å². The molecule has 96 valence electrons. The smallest absolute Gasteiger partial charge is 0.254 e. The second-order valence-corrected chi connectivity index (χ2v) is 4.97. The number of nitrogens with zero attached hydrogens (tertiary/aromatic N) is 3. The van der Waals surface area contributed by atoms with Gasteiger partial charge in [-0.3, -0.25) is 4.79 Å². The van der Waals surface area contributed by atoms with Crippen LogP contribution in [0.4, 0.5) is 0 Å². The zero-order valence-electron chi connectivity index (χ0n) is 11.1. The fourth-order valence-electron chi connectivity index (χ4n) is 2.38. The van der Waals surface area contributed by atoms with E-state index in [1.54, 1.807) is 6.20 Å². The molecule has 0 fully saturated rings. The summed E-state index contributed by atoms with van der Waals surface area (Å²) in [6.07, 6.45) is 3.32. The van der Waals surface area contributed by atoms with Crippen molar-refractivity contribution in [2.45, 2.75) is 26.9 Å². The van der Waals surface area contributed by atoms with Gasteiger partial charge in [0, 0.05) is 23.9 Å². The number of amides is 1. The number of fused-ring (bicyclic) bond motifs is 1. The Morgan fingerprint density at radius 1 is 1.26 bits per heavy atom. The highest BCUT2D eigenvalue weighted by molar-refractivity contribution is 5.96. The molecule has 4 nitrogen and oxygen atoms in total. The summed E-state index contributed by atoms with van der Waals surface area (Å²) in [4.78, 5) is 22.6. The van der Waals surface area contributed by atoms with E-state index in [0.717, 1.165) is 27.9 Å². The Hall–Kier alpha value is -2.23. The zero-order valence-corrected chi connectivity index (χ0v) is 11.1. The van der Waals surface area contributed by atoms with Crippen molar-refractivity contribution in [1.29, 1.82) is 0 Å². The molecule has 0 aliphatic carbocycles. The highest BCUT2D eigenvalue weighted by Crippen LogP contribution is 2.23. The first-order valence-electron chi connectivity index (χ1n) is 6.29. The van der Waals surface area contributed by atoms with Gasteiger partial charge in [0.15, 0.2) is 0 Å². The lowest BCUT2D eigenvalue weighted by atomic mass is 10.0. The van der Waals surface area contributed by atoms with Crippen molar-refractivity contribution >= 4 is 5.91 Å². The van der Waals surface area contributed by atoms with Crippen molar-refractivity contribution in [1.82, 2.24) is 14.9 Å². The number of aryl methyl sites for hydroxylation is 2. The molecule has 1 aromatic carbocycles. The largest absolute Gasteiger partial charge is 0.328 e. The third-order valence-electron chi connectivity index (χ3n) is 3.49. The van der Waals surface area contributed by atoms with Crippen LogP contribution in [0.25, 0.3) is 0 Å². The first kappa shape index (κ1) is 11.8. The summed E-state index contributed by atoms with van der Waals surface area (Å²) in [7, 11) is 0. The predicted molar refractivity (Wildman–Crippen MR) is 71.5 cm³/mol. The van der Waals surface area contributed by atoms with Crippen molar-refractivity contribution in [2.75, 3.05) is 0 Å². The van der Waals surface area contributed by atoms with Crippen LogP contribution in [0.5, 0.6) is 0 Å². The first-order valence-corrected chi connectivity index (χ1v) is 6.29. The predicted octanol–water partition coefficient (Wildman–Crippen LogP) is 2.25. The molecule has 0 spiro atoms. The number of rotatable bonds is 1. The third-order valence-corrected chi connectivity index (χ3v) is 3.49. The summed E-state index contributed by atoms with van der Waals surface area (Å²) >= 11 is 0. The highest BCUT2D eigenvalue weighted by Gasteiger charge is 2.26. The van der Waals surface area contributed by atoms with Gasteiger partial charge in [-0.25, -0.2) is 9.97 Å². The third kappa shape index (κ3) is 2.10. The van der Waals surface area contributed by atoms with Gasteiger partial charge >= 0.3 is 0 Å². The molecule has 1 aliphatic rings. The normalized spacial score (nSPS) is 13.5. The lowest BCUT2D eigenvalue weighted by Gasteiger charge is -2.16. The van der Waals surface area contributed by atoms with Gasteiger partial charge in [0.05, 0.1) is 12.2 Å². The van der Waals surface area contributed by atoms with E-state index < -0.39 is 0 Å². The summed E-state index contributed by atoms with van der Waals surface area (Å²) < 4.78 is 0. The summed E-state index contributed by atoms with van der Waals surface area (Å²) in [5, 5.41) is 0. The van der Waals surface area contributed by atoms with E-state index in [4.69, 9.17) is 0 Å². The van der Waals surface area contributed by atoms with Crippen LogP contribution in [0, 0.1) is 13.8 Å². The molecule has 0 N–H and O–H groups in total. The molecular weight excluding hydrogens is 238 g/mol. The molecule has 1 aliphatic heterocycles. The quantitative estimate of drug-likeness (QED) is 0.783. The van der Waals surface area contributed by atoms with Crippen LogP contribution in [-0.2, 0) is 13.1 Å². The van der Waals surface area contributed by atoms with Crippen LogP contribution >= 0.6 is 0 Å². The molecule has 2 heterocycles. The molecule has 0 bridgehead atoms. The Labute approximate surface area is 112 Å². The lowest BCUT2D eigenvalue weighted by molar-refractivity contribution is 0.0749. The summed E-state index contributed by atoms with van der Waals surface area (Å²) in [6, 6.07) is 5.97. The Morgan fingerprint density at radius 2 is 2.11 bits per heavy atom. The molecule has 0 unspecified atom stereocenters. The molecule has 0 atom stereocenters. The fraction of sp³-hybridized carbons (Fsp3) is 0.267. The van der Waals surface area contributed by atoms with Crippen molar-refractivity contribution in [3.63, 3.8) is 0 Å². The molecule has 0 saturated carbocycles. The average Bonchev–Trinajstić information content (AvgIpc) is 2.84. The van der Waals surface area contributed by atoms with E-state index in [2.05, 4.69) is 9.97 Å². The maximum absolute atomic E-state index is 12.6. The van der Waals surface area contributed by atoms with E-state index in [1.165, 1.54) is 6.33 Å². The first-order chi connectivity index (χ1) is 9.15. The van der Waals surface area contributed by atoms with Gasteiger partial charge in [0.2, 0.25) is 0 Å². The average molecular weight is 253 g/mol. The number of hydrogen-bond donors (Lipinski definition) is 0. The highest BCUT2D eigenvalue weighted by atomic mass is 16.2. The second-order valence-electron chi connectivity index (χ2n) is 4.97. The van der Waals surface area contributed by atoms with Gasteiger partial charge < -0.3 is 4.90 Å². The van der Waals surface area contributed by atoms with Crippen LogP contribution in [-0.4, -0.2) is 20.8 Å². The molecule has 0 radical (unpaired) electrons. The van der Waals surface area contributed by atoms with Crippen LogP contribution in [0.1, 0.15) is 32.7 Å². The summed E-state index contributed by atoms with van der Waals surface area (Å²) in [5.74, 6) is 0.0687. The summed E-state index contributed by atoms with van der Waals surface area (Å²) in [6.45, 7) is 5.14. The van der Waals surface area contributed by atoms with Crippen molar-refractivity contribution in [3.05, 3.63) is 58.7 Å². The van der Waals surface area contributed by atoms with Gasteiger partial charge in [-0.2, -0.15) is 0 Å². The van der Waals surface area contributed by atoms with Gasteiger partial charge in [-0.1, -0.05) is 17.7 Å². The number of benzene rings is 1. The minimum absolute atomic E-state index is 0.0687. The maximum Gasteiger partial charge on any atom is 0.254 e. The SMILES string of the molecule is Cc1ccc(C)c(C(=O)N2Cc3cncnc3C2)c1. The molecule has 19 heavy (non-hydrogen) atoms. The molecule has 4 heteroatoms. The zero-order chi connectivity index (χ0) is 13.4. The lowest BCUT2D eigenvalue weighted by Crippen LogP contribution is -2.26. The van der Waals surface area contributed by atoms with E-state index in [0.29, 0.717) is 13.1 Å². The molecule has 3 rings (SSSR count). The molecule has 2 aromatic rings. The van der Waals surface area contributed by atoms with E-state index in [-0.39, 0.29) is 5.91 Å². The van der Waals surface area contributed by atoms with Gasteiger partial charge in [0.25, 0.3) is 5.91 Å². The molecule has 0 saturated heterocycles. The minimum atomic E-state index is 0.0687. The van der Waals surface area contributed by atoms with Crippen molar-refractivity contribution in [2.24, 2.45) is 0 Å². The fourth-order valence-corrected chi connectivity index (χ4v) is 2.38. The Balaban J connectivity index is 1.89. The van der Waals surface area contributed by atoms with Crippen LogP contribution in [0.15, 0.2) is 30.7 Å². The van der Waals surface area contributed by atoms with Gasteiger partial charge in [-0.05, 0) is 25.5 Å². The molecule has 1 amide bonds. The Bertz CT molecular complexity index is 627. The van der Waals surface area contributed by atoms with Gasteiger partial charge in [0.1, 0.15) is 6.33 Å². The maximum atomic E-state index is 12.6. The van der Waals surface area contributed by atoms with Crippen LogP contribution in [0.3, 0.4) is 0 Å². The number of aromatic nitrogens is 2. The van der Waals surface area contributed by atoms with E-state index in [9.17, 15) is 4.79 Å². The molecule has 1 aromatic heterocycles. The minimum Gasteiger partial charge on any atom is -0.328 e. The van der Waals surface area contributed by atoms with E-state index >= 15 is 0 Å². The number of carbonyl (C=O) groups excluding carboxylic acids is 1. The molecular formula is C15H15N3O. The van der Waals surface area contributed by atoms with Gasteiger partial charge in [-0.15, -0.1) is 0 Å². The second kappa shape index (κ2) is 4.46. The van der Waals surface area contributed by atoms with Crippen LogP contribution in [0.2, 0.25) is 0 Å². The Morgan fingerprint density at radius 3 is 2.89 bits per heavy atom. The topological polar surface area (TPSA) is 46.1 Å². The van der Waals surface area contributed by atoms with Crippen molar-refractivity contribution in [3.8, 4) is 0 Å². The Kier molecular flexibility index (Phi) is 2.78. The van der Waals surface area contributed by atoms with Crippen molar-refractivity contribution < 1.29 is 4.79 Å². The standard InChI is InChI=1S/C15H15N3O/c1-10-3-4-11(2)13(5-10)15(19)18-7-12-6-16-9-17-14(12)8-18/h3-6,9H,7-8H2,1-2H3. The monoisotopic (exact) mass is 253 g/mol. The number of hydrogen-bond acceptors (Lipinski definition) is 3. The number of carbonyl (C=O) groups is 1. The summed E-state index contributed by atoms with van der Waals surface area (Å²) in [5.41, 5.74) is 4.89. The van der Waals surface area contributed by atoms with Crippen LogP contribution < -0.4 is 0 Å².